The summed E-state index contributed by atoms with van der Waals surface area (Å²) >= 11 is 0. The van der Waals surface area contributed by atoms with Gasteiger partial charge in [0.05, 0.1) is 16.1 Å². The first-order valence-corrected chi connectivity index (χ1v) is 12.9. The number of amides is 1. The second-order valence-electron chi connectivity index (χ2n) is 8.61. The van der Waals surface area contributed by atoms with Crippen molar-refractivity contribution in [2.45, 2.75) is 69.7 Å². The summed E-state index contributed by atoms with van der Waals surface area (Å²) in [5.74, 6) is -1.11. The Morgan fingerprint density at radius 3 is 2.36 bits per heavy atom. The van der Waals surface area contributed by atoms with E-state index >= 15 is 0 Å². The van der Waals surface area contributed by atoms with Gasteiger partial charge in [0.15, 0.2) is 6.61 Å². The molecule has 0 spiro atoms. The van der Waals surface area contributed by atoms with Crippen molar-refractivity contribution in [2.75, 3.05) is 11.3 Å². The summed E-state index contributed by atoms with van der Waals surface area (Å²) in [6.45, 7) is 3.11. The zero-order valence-corrected chi connectivity index (χ0v) is 20.0. The molecular formula is C25H32N2O5S. The molecule has 0 saturated heterocycles. The van der Waals surface area contributed by atoms with E-state index in [-0.39, 0.29) is 28.1 Å². The lowest BCUT2D eigenvalue weighted by atomic mass is 9.97. The van der Waals surface area contributed by atoms with E-state index in [2.05, 4.69) is 10.0 Å². The molecule has 33 heavy (non-hydrogen) atoms. The Morgan fingerprint density at radius 1 is 0.970 bits per heavy atom. The number of carbonyl (C=O) groups is 2. The molecule has 2 N–H and O–H groups in total. The van der Waals surface area contributed by atoms with E-state index in [0.717, 1.165) is 31.2 Å². The third-order valence-electron chi connectivity index (χ3n) is 5.83. The fourth-order valence-corrected chi connectivity index (χ4v) is 5.44. The molecule has 178 valence electrons. The van der Waals surface area contributed by atoms with Crippen LogP contribution < -0.4 is 10.0 Å². The van der Waals surface area contributed by atoms with Crippen LogP contribution in [0.15, 0.2) is 47.4 Å². The molecule has 8 heteroatoms. The summed E-state index contributed by atoms with van der Waals surface area (Å²) in [4.78, 5) is 25.1. The molecular weight excluding hydrogens is 440 g/mol. The predicted molar refractivity (Wildman–Crippen MR) is 128 cm³/mol. The SMILES string of the molecule is Cc1ccc(C)c(S(=O)(=O)Nc2ccccc2C(=O)OCC(=O)NC2CCCCCCC2)c1. The number of esters is 1. The lowest BCUT2D eigenvalue weighted by molar-refractivity contribution is -0.125. The zero-order valence-electron chi connectivity index (χ0n) is 19.2. The van der Waals surface area contributed by atoms with Crippen molar-refractivity contribution in [3.63, 3.8) is 0 Å². The quantitative estimate of drug-likeness (QED) is 0.578. The smallest absolute Gasteiger partial charge is 0.340 e. The number of rotatable bonds is 7. The average molecular weight is 473 g/mol. The second kappa shape index (κ2) is 11.3. The topological polar surface area (TPSA) is 102 Å². The molecule has 1 aliphatic rings. The van der Waals surface area contributed by atoms with Crippen molar-refractivity contribution in [3.05, 3.63) is 59.2 Å². The van der Waals surface area contributed by atoms with E-state index in [1.54, 1.807) is 31.2 Å². The van der Waals surface area contributed by atoms with E-state index < -0.39 is 22.6 Å². The first-order chi connectivity index (χ1) is 15.8. The van der Waals surface area contributed by atoms with Crippen molar-refractivity contribution in [2.24, 2.45) is 0 Å². The molecule has 0 aliphatic heterocycles. The molecule has 0 heterocycles. The summed E-state index contributed by atoms with van der Waals surface area (Å²) in [6.07, 6.45) is 7.62. The van der Waals surface area contributed by atoms with Crippen LogP contribution in [-0.4, -0.2) is 32.9 Å². The van der Waals surface area contributed by atoms with Crippen LogP contribution in [-0.2, 0) is 19.6 Å². The third-order valence-corrected chi connectivity index (χ3v) is 7.34. The zero-order chi connectivity index (χ0) is 23.8. The van der Waals surface area contributed by atoms with Crippen molar-refractivity contribution >= 4 is 27.6 Å². The van der Waals surface area contributed by atoms with E-state index in [0.29, 0.717) is 5.56 Å². The third kappa shape index (κ3) is 7.05. The van der Waals surface area contributed by atoms with Crippen LogP contribution in [0, 0.1) is 13.8 Å². The molecule has 2 aromatic carbocycles. The highest BCUT2D eigenvalue weighted by Gasteiger charge is 2.22. The molecule has 0 bridgehead atoms. The molecule has 1 fully saturated rings. The lowest BCUT2D eigenvalue weighted by Crippen LogP contribution is -2.38. The van der Waals surface area contributed by atoms with Crippen molar-refractivity contribution in [1.82, 2.24) is 5.32 Å². The van der Waals surface area contributed by atoms with Crippen LogP contribution in [0.1, 0.15) is 66.4 Å². The molecule has 1 saturated carbocycles. The van der Waals surface area contributed by atoms with Crippen LogP contribution >= 0.6 is 0 Å². The molecule has 3 rings (SSSR count). The van der Waals surface area contributed by atoms with Gasteiger partial charge < -0.3 is 10.1 Å². The first-order valence-electron chi connectivity index (χ1n) is 11.4. The number of carbonyl (C=O) groups excluding carboxylic acids is 2. The van der Waals surface area contributed by atoms with E-state index in [9.17, 15) is 18.0 Å². The highest BCUT2D eigenvalue weighted by atomic mass is 32.2. The molecule has 1 aliphatic carbocycles. The summed E-state index contributed by atoms with van der Waals surface area (Å²) < 4.78 is 33.6. The van der Waals surface area contributed by atoms with Crippen LogP contribution in [0.5, 0.6) is 0 Å². The van der Waals surface area contributed by atoms with Crippen molar-refractivity contribution in [1.29, 1.82) is 0 Å². The normalized spacial score (nSPS) is 15.2. The Kier molecular flexibility index (Phi) is 8.49. The minimum absolute atomic E-state index is 0.0464. The van der Waals surface area contributed by atoms with Crippen LogP contribution in [0.4, 0.5) is 5.69 Å². The highest BCUT2D eigenvalue weighted by molar-refractivity contribution is 7.92. The van der Waals surface area contributed by atoms with Crippen LogP contribution in [0.25, 0.3) is 0 Å². The average Bonchev–Trinajstić information content (AvgIpc) is 2.75. The largest absolute Gasteiger partial charge is 0.452 e. The maximum Gasteiger partial charge on any atom is 0.340 e. The maximum atomic E-state index is 13.0. The summed E-state index contributed by atoms with van der Waals surface area (Å²) in [5, 5.41) is 2.95. The molecule has 0 atom stereocenters. The van der Waals surface area contributed by atoms with Crippen LogP contribution in [0.3, 0.4) is 0 Å². The van der Waals surface area contributed by atoms with Gasteiger partial charge in [-0.15, -0.1) is 0 Å². The van der Waals surface area contributed by atoms with Gasteiger partial charge in [0.2, 0.25) is 0 Å². The highest BCUT2D eigenvalue weighted by Crippen LogP contribution is 2.24. The van der Waals surface area contributed by atoms with Gasteiger partial charge in [-0.25, -0.2) is 13.2 Å². The van der Waals surface area contributed by atoms with Crippen LogP contribution in [0.2, 0.25) is 0 Å². The van der Waals surface area contributed by atoms with E-state index in [1.807, 2.05) is 13.0 Å². The molecule has 0 unspecified atom stereocenters. The predicted octanol–water partition coefficient (Wildman–Crippen LogP) is 4.49. The number of aryl methyl sites for hydroxylation is 2. The summed E-state index contributed by atoms with van der Waals surface area (Å²) in [7, 11) is -3.92. The van der Waals surface area contributed by atoms with Gasteiger partial charge in [-0.1, -0.05) is 56.4 Å². The number of ether oxygens (including phenoxy) is 1. The fourth-order valence-electron chi connectivity index (χ4n) is 4.03. The lowest BCUT2D eigenvalue weighted by Gasteiger charge is -2.21. The Balaban J connectivity index is 1.65. The Morgan fingerprint density at radius 2 is 1.64 bits per heavy atom. The molecule has 0 radical (unpaired) electrons. The van der Waals surface area contributed by atoms with Crippen molar-refractivity contribution < 1.29 is 22.7 Å². The Labute approximate surface area is 196 Å². The van der Waals surface area contributed by atoms with E-state index in [4.69, 9.17) is 4.74 Å². The Bertz CT molecular complexity index is 1090. The number of anilines is 1. The number of hydrogen-bond donors (Lipinski definition) is 2. The Hall–Kier alpha value is -2.87. The number of para-hydroxylation sites is 1. The standard InChI is InChI=1S/C25H32N2O5S/c1-18-14-15-19(2)23(16-18)33(30,31)27-22-13-9-8-12-21(22)25(29)32-17-24(28)26-20-10-6-4-3-5-7-11-20/h8-9,12-16,20,27H,3-7,10-11,17H2,1-2H3,(H,26,28). The molecule has 2 aromatic rings. The van der Waals surface area contributed by atoms with Gasteiger partial charge in [-0.3, -0.25) is 9.52 Å². The molecule has 0 aromatic heterocycles. The molecule has 7 nitrogen and oxygen atoms in total. The van der Waals surface area contributed by atoms with Gasteiger partial charge in [0.1, 0.15) is 0 Å². The van der Waals surface area contributed by atoms with Crippen molar-refractivity contribution in [3.8, 4) is 0 Å². The number of benzene rings is 2. The van der Waals surface area contributed by atoms with Gasteiger partial charge in [0.25, 0.3) is 15.9 Å². The van der Waals surface area contributed by atoms with Gasteiger partial charge in [-0.05, 0) is 56.0 Å². The maximum absolute atomic E-state index is 13.0. The van der Waals surface area contributed by atoms with Gasteiger partial charge in [-0.2, -0.15) is 0 Å². The van der Waals surface area contributed by atoms with E-state index in [1.165, 1.54) is 31.4 Å². The van der Waals surface area contributed by atoms with Gasteiger partial charge >= 0.3 is 5.97 Å². The molecule has 1 amide bonds. The second-order valence-corrected chi connectivity index (χ2v) is 10.3. The fraction of sp³-hybridized carbons (Fsp3) is 0.440. The first kappa shape index (κ1) is 24.8. The summed E-state index contributed by atoms with van der Waals surface area (Å²) in [5.41, 5.74) is 1.55. The minimum atomic E-state index is -3.92. The minimum Gasteiger partial charge on any atom is -0.452 e. The number of nitrogens with one attached hydrogen (secondary N) is 2. The monoisotopic (exact) mass is 472 g/mol. The van der Waals surface area contributed by atoms with Gasteiger partial charge in [0, 0.05) is 6.04 Å². The number of sulfonamides is 1. The number of hydrogen-bond acceptors (Lipinski definition) is 5. The summed E-state index contributed by atoms with van der Waals surface area (Å²) in [6, 6.07) is 11.5.